The van der Waals surface area contributed by atoms with Crippen molar-refractivity contribution >= 4 is 51.9 Å². The first-order valence-electron chi connectivity index (χ1n) is 11.2. The maximum atomic E-state index is 4.94. The molecule has 0 radical (unpaired) electrons. The van der Waals surface area contributed by atoms with Crippen LogP contribution in [-0.4, -0.2) is 20.2 Å². The molecule has 0 saturated carbocycles. The second-order valence-electron chi connectivity index (χ2n) is 11.5. The molecule has 4 aromatic rings. The van der Waals surface area contributed by atoms with Gasteiger partial charge in [0.25, 0.3) is 0 Å². The predicted molar refractivity (Wildman–Crippen MR) is 146 cm³/mol. The Kier molecular flexibility index (Phi) is 5.35. The quantitative estimate of drug-likeness (QED) is 0.281. The van der Waals surface area contributed by atoms with Crippen molar-refractivity contribution in [2.45, 2.75) is 65.8 Å². The highest BCUT2D eigenvalue weighted by Gasteiger charge is 2.41. The van der Waals surface area contributed by atoms with Crippen LogP contribution in [0, 0.1) is 6.92 Å². The third-order valence-corrected chi connectivity index (χ3v) is 28.0. The largest absolute Gasteiger partial charge is 0.255 e. The van der Waals surface area contributed by atoms with Gasteiger partial charge in [0.05, 0.1) is 18.0 Å². The summed E-state index contributed by atoms with van der Waals surface area (Å²) in [5, 5.41) is 4.05. The van der Waals surface area contributed by atoms with E-state index in [1.807, 2.05) is 17.5 Å². The lowest BCUT2D eigenvalue weighted by molar-refractivity contribution is 0.596. The monoisotopic (exact) mass is 461 g/mol. The summed E-state index contributed by atoms with van der Waals surface area (Å²) in [7, 11) is -2.75. The molecule has 0 aliphatic carbocycles. The van der Waals surface area contributed by atoms with Crippen molar-refractivity contribution in [3.8, 4) is 11.3 Å². The lowest BCUT2D eigenvalue weighted by Crippen LogP contribution is -2.60. The van der Waals surface area contributed by atoms with E-state index in [9.17, 15) is 0 Å². The minimum absolute atomic E-state index is 0.0762. The third-order valence-electron chi connectivity index (χ3n) is 7.24. The lowest BCUT2D eigenvalue weighted by atomic mass is 9.82. The Morgan fingerprint density at radius 3 is 2.19 bits per heavy atom. The Hall–Kier alpha value is -1.76. The summed E-state index contributed by atoms with van der Waals surface area (Å²) < 4.78 is 3.04. The van der Waals surface area contributed by atoms with Crippen molar-refractivity contribution in [3.63, 3.8) is 0 Å². The fourth-order valence-corrected chi connectivity index (χ4v) is 14.3. The van der Waals surface area contributed by atoms with E-state index in [1.165, 1.54) is 37.5 Å². The van der Waals surface area contributed by atoms with Gasteiger partial charge >= 0.3 is 0 Å². The van der Waals surface area contributed by atoms with Crippen molar-refractivity contribution in [2.24, 2.45) is 0 Å². The maximum Gasteiger partial charge on any atom is 0.0880 e. The number of rotatable bonds is 3. The van der Waals surface area contributed by atoms with Crippen molar-refractivity contribution in [2.75, 3.05) is 0 Å². The SMILES string of the molecule is Cc1c([Si](C)(C)[Si](C)(C)C)sc2c(-c3cc(C(C)(C)C)c4ccccc4c3)nccc12. The number of fused-ring (bicyclic) bond motifs is 2. The van der Waals surface area contributed by atoms with Gasteiger partial charge in [0.1, 0.15) is 0 Å². The molecule has 0 unspecified atom stereocenters. The summed E-state index contributed by atoms with van der Waals surface area (Å²) >= 11 is 2.03. The number of hydrogen-bond acceptors (Lipinski definition) is 2. The molecule has 0 amide bonds. The van der Waals surface area contributed by atoms with Crippen molar-refractivity contribution < 1.29 is 0 Å². The average Bonchev–Trinajstić information content (AvgIpc) is 3.03. The minimum atomic E-state index is -1.49. The average molecular weight is 462 g/mol. The topological polar surface area (TPSA) is 12.9 Å². The molecule has 162 valence electrons. The first-order valence-corrected chi connectivity index (χ1v) is 19.6. The van der Waals surface area contributed by atoms with Crippen molar-refractivity contribution in [1.82, 2.24) is 4.98 Å². The maximum absolute atomic E-state index is 4.94. The van der Waals surface area contributed by atoms with Crippen molar-refractivity contribution in [3.05, 3.63) is 59.8 Å². The number of aryl methyl sites for hydroxylation is 1. The minimum Gasteiger partial charge on any atom is -0.255 e. The smallest absolute Gasteiger partial charge is 0.0880 e. The number of aromatic nitrogens is 1. The normalized spacial score (nSPS) is 13.3. The van der Waals surface area contributed by atoms with Crippen LogP contribution in [0.5, 0.6) is 0 Å². The van der Waals surface area contributed by atoms with Crippen LogP contribution in [0.3, 0.4) is 0 Å². The van der Waals surface area contributed by atoms with E-state index >= 15 is 0 Å². The van der Waals surface area contributed by atoms with Gasteiger partial charge < -0.3 is 0 Å². The summed E-state index contributed by atoms with van der Waals surface area (Å²) in [5.74, 6) is 0. The standard InChI is InChI=1S/C27H35NSSi2/c1-18-21-14-15-28-24(25(21)29-26(18)31(8,9)30(5,6)7)20-16-19-12-10-11-13-22(19)23(17-20)27(2,3)4/h10-17H,1-9H3. The Morgan fingerprint density at radius 1 is 0.871 bits per heavy atom. The number of thiophene rings is 1. The van der Waals surface area contributed by atoms with E-state index in [4.69, 9.17) is 4.98 Å². The van der Waals surface area contributed by atoms with E-state index in [2.05, 4.69) is 103 Å². The third kappa shape index (κ3) is 3.73. The van der Waals surface area contributed by atoms with Gasteiger partial charge in [-0.1, -0.05) is 77.8 Å². The van der Waals surface area contributed by atoms with Crippen LogP contribution in [0.25, 0.3) is 32.1 Å². The Balaban J connectivity index is 2.02. The fourth-order valence-electron chi connectivity index (χ4n) is 4.36. The molecule has 2 aromatic heterocycles. The van der Waals surface area contributed by atoms with Gasteiger partial charge in [-0.2, -0.15) is 0 Å². The molecule has 2 aromatic carbocycles. The molecule has 0 atom stereocenters. The molecule has 0 fully saturated rings. The van der Waals surface area contributed by atoms with Crippen LogP contribution in [0.2, 0.25) is 32.7 Å². The molecule has 0 spiro atoms. The van der Waals surface area contributed by atoms with Crippen molar-refractivity contribution in [1.29, 1.82) is 0 Å². The molecular formula is C27H35NSSi2. The van der Waals surface area contributed by atoms with Crippen LogP contribution in [0.1, 0.15) is 31.9 Å². The molecule has 0 N–H and O–H groups in total. The molecule has 31 heavy (non-hydrogen) atoms. The highest BCUT2D eigenvalue weighted by molar-refractivity contribution is 7.52. The van der Waals surface area contributed by atoms with Crippen LogP contribution in [-0.2, 0) is 5.41 Å². The van der Waals surface area contributed by atoms with Crippen LogP contribution in [0.4, 0.5) is 0 Å². The zero-order valence-corrected chi connectivity index (χ0v) is 23.3. The second-order valence-corrected chi connectivity index (χ2v) is 29.3. The molecule has 2 heterocycles. The predicted octanol–water partition coefficient (Wildman–Crippen LogP) is 8.05. The molecule has 0 aliphatic rings. The van der Waals surface area contributed by atoms with Crippen LogP contribution in [0.15, 0.2) is 48.7 Å². The number of nitrogens with zero attached hydrogens (tertiary/aromatic N) is 1. The molecule has 0 saturated heterocycles. The highest BCUT2D eigenvalue weighted by Crippen LogP contribution is 2.39. The lowest BCUT2D eigenvalue weighted by Gasteiger charge is -2.35. The highest BCUT2D eigenvalue weighted by atomic mass is 32.1. The first kappa shape index (κ1) is 22.4. The van der Waals surface area contributed by atoms with E-state index in [-0.39, 0.29) is 5.41 Å². The molecule has 0 bridgehead atoms. The second kappa shape index (κ2) is 7.39. The van der Waals surface area contributed by atoms with Gasteiger partial charge in [-0.15, -0.1) is 11.3 Å². The first-order chi connectivity index (χ1) is 14.3. The van der Waals surface area contributed by atoms with Gasteiger partial charge in [-0.3, -0.25) is 4.98 Å². The Labute approximate surface area is 193 Å². The number of pyridine rings is 1. The van der Waals surface area contributed by atoms with E-state index in [1.54, 1.807) is 4.50 Å². The van der Waals surface area contributed by atoms with Gasteiger partial charge in [-0.25, -0.2) is 0 Å². The summed E-state index contributed by atoms with van der Waals surface area (Å²) in [5.41, 5.74) is 5.36. The van der Waals surface area contributed by atoms with Crippen LogP contribution < -0.4 is 4.50 Å². The zero-order valence-electron chi connectivity index (χ0n) is 20.5. The summed E-state index contributed by atoms with van der Waals surface area (Å²) in [6, 6.07) is 15.7. The number of benzene rings is 2. The summed E-state index contributed by atoms with van der Waals surface area (Å²) in [6.07, 6.45) is 2.01. The fraction of sp³-hybridized carbons (Fsp3) is 0.370. The molecular weight excluding hydrogens is 427 g/mol. The van der Waals surface area contributed by atoms with Gasteiger partial charge in [0, 0.05) is 19.4 Å². The van der Waals surface area contributed by atoms with Gasteiger partial charge in [-0.05, 0) is 62.3 Å². The molecule has 0 aliphatic heterocycles. The Bertz CT molecular complexity index is 1290. The summed E-state index contributed by atoms with van der Waals surface area (Å²) in [6.45, 7) is 22.1. The molecule has 1 nitrogen and oxygen atoms in total. The van der Waals surface area contributed by atoms with Gasteiger partial charge in [0.2, 0.25) is 0 Å². The molecule has 4 rings (SSSR count). The van der Waals surface area contributed by atoms with Crippen LogP contribution >= 0.6 is 11.3 Å². The molecule has 4 heteroatoms. The van der Waals surface area contributed by atoms with E-state index < -0.39 is 15.2 Å². The summed E-state index contributed by atoms with van der Waals surface area (Å²) in [4.78, 5) is 4.94. The number of hydrogen-bond donors (Lipinski definition) is 0. The Morgan fingerprint density at radius 2 is 1.55 bits per heavy atom. The van der Waals surface area contributed by atoms with Gasteiger partial charge in [0.15, 0.2) is 0 Å². The zero-order chi connectivity index (χ0) is 22.8. The van der Waals surface area contributed by atoms with E-state index in [0.717, 1.165) is 5.69 Å². The van der Waals surface area contributed by atoms with E-state index in [0.29, 0.717) is 0 Å².